The van der Waals surface area contributed by atoms with Crippen molar-refractivity contribution >= 4 is 17.5 Å². The molecule has 0 fully saturated rings. The van der Waals surface area contributed by atoms with E-state index in [4.69, 9.17) is 16.3 Å². The van der Waals surface area contributed by atoms with Gasteiger partial charge in [-0.3, -0.25) is 4.79 Å². The molecule has 0 atom stereocenters. The topological polar surface area (TPSA) is 60.2 Å². The lowest BCUT2D eigenvalue weighted by molar-refractivity contribution is 0.0767. The van der Waals surface area contributed by atoms with Crippen molar-refractivity contribution in [2.75, 3.05) is 20.2 Å². The van der Waals surface area contributed by atoms with Crippen molar-refractivity contribution in [3.05, 3.63) is 71.5 Å². The lowest BCUT2D eigenvalue weighted by Crippen LogP contribution is -2.31. The molecule has 1 heterocycles. The van der Waals surface area contributed by atoms with Crippen LogP contribution in [0.25, 0.3) is 5.69 Å². The number of carbonyl (C=O) groups is 1. The predicted molar refractivity (Wildman–Crippen MR) is 95.3 cm³/mol. The quantitative estimate of drug-likeness (QED) is 0.681. The number of ether oxygens (including phenoxy) is 1. The molecule has 0 saturated heterocycles. The van der Waals surface area contributed by atoms with Gasteiger partial charge in [-0.25, -0.2) is 0 Å². The van der Waals surface area contributed by atoms with Gasteiger partial charge < -0.3 is 9.64 Å². The molecule has 0 aliphatic heterocycles. The number of aromatic nitrogens is 3. The van der Waals surface area contributed by atoms with Gasteiger partial charge in [0.05, 0.1) is 18.4 Å². The number of likely N-dealkylation sites (N-methyl/N-ethyl adjacent to an activating group) is 1. The molecule has 7 heteroatoms. The van der Waals surface area contributed by atoms with Crippen molar-refractivity contribution < 1.29 is 9.53 Å². The highest BCUT2D eigenvalue weighted by atomic mass is 35.5. The van der Waals surface area contributed by atoms with Gasteiger partial charge in [-0.1, -0.05) is 35.9 Å². The SMILES string of the molecule is CN(CCOc1cccc(Cl)c1)C(=O)c1cnn(-c2ccccc2)n1. The second kappa shape index (κ2) is 7.81. The van der Waals surface area contributed by atoms with Gasteiger partial charge >= 0.3 is 0 Å². The molecule has 0 spiro atoms. The van der Waals surface area contributed by atoms with Gasteiger partial charge in [0.2, 0.25) is 0 Å². The molecule has 6 nitrogen and oxygen atoms in total. The number of para-hydroxylation sites is 1. The van der Waals surface area contributed by atoms with Crippen molar-refractivity contribution in [1.82, 2.24) is 19.9 Å². The molecule has 0 unspecified atom stereocenters. The Kier molecular flexibility index (Phi) is 5.30. The molecule has 3 aromatic rings. The van der Waals surface area contributed by atoms with Crippen LogP contribution < -0.4 is 4.74 Å². The Morgan fingerprint density at radius 2 is 2.00 bits per heavy atom. The number of benzene rings is 2. The van der Waals surface area contributed by atoms with E-state index in [1.165, 1.54) is 11.0 Å². The summed E-state index contributed by atoms with van der Waals surface area (Å²) in [6, 6.07) is 16.6. The van der Waals surface area contributed by atoms with Crippen LogP contribution in [0.5, 0.6) is 5.75 Å². The Morgan fingerprint density at radius 1 is 1.20 bits per heavy atom. The van der Waals surface area contributed by atoms with Gasteiger partial charge in [0.25, 0.3) is 5.91 Å². The van der Waals surface area contributed by atoms with Crippen molar-refractivity contribution in [2.24, 2.45) is 0 Å². The van der Waals surface area contributed by atoms with Crippen molar-refractivity contribution in [1.29, 1.82) is 0 Å². The lowest BCUT2D eigenvalue weighted by Gasteiger charge is -2.16. The summed E-state index contributed by atoms with van der Waals surface area (Å²) in [5, 5.41) is 8.99. The minimum absolute atomic E-state index is 0.211. The number of hydrogen-bond acceptors (Lipinski definition) is 4. The Balaban J connectivity index is 1.56. The van der Waals surface area contributed by atoms with Gasteiger partial charge in [-0.15, -0.1) is 5.10 Å². The summed E-state index contributed by atoms with van der Waals surface area (Å²) >= 11 is 5.91. The maximum atomic E-state index is 12.4. The number of rotatable bonds is 6. The van der Waals surface area contributed by atoms with Crippen LogP contribution in [-0.2, 0) is 0 Å². The average molecular weight is 357 g/mol. The molecular weight excluding hydrogens is 340 g/mol. The molecule has 0 radical (unpaired) electrons. The zero-order valence-electron chi connectivity index (χ0n) is 13.7. The third-order valence-corrected chi connectivity index (χ3v) is 3.77. The third-order valence-electron chi connectivity index (χ3n) is 3.54. The highest BCUT2D eigenvalue weighted by molar-refractivity contribution is 6.30. The molecule has 0 bridgehead atoms. The summed E-state index contributed by atoms with van der Waals surface area (Å²) < 4.78 is 5.60. The standard InChI is InChI=1S/C18H17ClN4O2/c1-22(10-11-25-16-9-5-6-14(19)12-16)18(24)17-13-20-23(21-17)15-7-3-2-4-8-15/h2-9,12-13H,10-11H2,1H3. The molecule has 0 N–H and O–H groups in total. The van der Waals surface area contributed by atoms with Crippen LogP contribution in [0.15, 0.2) is 60.8 Å². The first-order valence-corrected chi connectivity index (χ1v) is 8.13. The van der Waals surface area contributed by atoms with E-state index >= 15 is 0 Å². The fourth-order valence-corrected chi connectivity index (χ4v) is 2.38. The molecule has 0 aliphatic rings. The minimum Gasteiger partial charge on any atom is -0.492 e. The highest BCUT2D eigenvalue weighted by Crippen LogP contribution is 2.17. The van der Waals surface area contributed by atoms with Crippen molar-refractivity contribution in [2.45, 2.75) is 0 Å². The van der Waals surface area contributed by atoms with Crippen LogP contribution >= 0.6 is 11.6 Å². The van der Waals surface area contributed by atoms with Crippen molar-refractivity contribution in [3.63, 3.8) is 0 Å². The maximum Gasteiger partial charge on any atom is 0.275 e. The van der Waals surface area contributed by atoms with Gasteiger partial charge in [0, 0.05) is 12.1 Å². The predicted octanol–water partition coefficient (Wildman–Crippen LogP) is 3.07. The highest BCUT2D eigenvalue weighted by Gasteiger charge is 2.16. The van der Waals surface area contributed by atoms with E-state index in [1.807, 2.05) is 42.5 Å². The summed E-state index contributed by atoms with van der Waals surface area (Å²) in [6.45, 7) is 0.777. The van der Waals surface area contributed by atoms with E-state index in [-0.39, 0.29) is 11.6 Å². The van der Waals surface area contributed by atoms with Gasteiger partial charge in [0.15, 0.2) is 5.69 Å². The number of amides is 1. The second-order valence-electron chi connectivity index (χ2n) is 5.39. The van der Waals surface area contributed by atoms with E-state index < -0.39 is 0 Å². The van der Waals surface area contributed by atoms with Crippen LogP contribution in [0.4, 0.5) is 0 Å². The number of carbonyl (C=O) groups excluding carboxylic acids is 1. The fraction of sp³-hybridized carbons (Fsp3) is 0.167. The first-order valence-electron chi connectivity index (χ1n) is 7.75. The van der Waals surface area contributed by atoms with Crippen LogP contribution in [0.2, 0.25) is 5.02 Å². The Bertz CT molecular complexity index is 851. The third kappa shape index (κ3) is 4.36. The zero-order chi connectivity index (χ0) is 17.6. The van der Waals surface area contributed by atoms with Crippen LogP contribution in [0.1, 0.15) is 10.5 Å². The summed E-state index contributed by atoms with van der Waals surface area (Å²) in [6.07, 6.45) is 1.46. The van der Waals surface area contributed by atoms with E-state index in [9.17, 15) is 4.79 Å². The van der Waals surface area contributed by atoms with E-state index in [1.54, 1.807) is 24.1 Å². The van der Waals surface area contributed by atoms with Gasteiger partial charge in [-0.05, 0) is 30.3 Å². The van der Waals surface area contributed by atoms with Crippen LogP contribution in [-0.4, -0.2) is 46.0 Å². The molecule has 2 aromatic carbocycles. The van der Waals surface area contributed by atoms with Crippen LogP contribution in [0.3, 0.4) is 0 Å². The largest absolute Gasteiger partial charge is 0.492 e. The summed E-state index contributed by atoms with van der Waals surface area (Å²) in [5.41, 5.74) is 1.09. The normalized spacial score (nSPS) is 10.5. The summed E-state index contributed by atoms with van der Waals surface area (Å²) in [7, 11) is 1.70. The van der Waals surface area contributed by atoms with Crippen molar-refractivity contribution in [3.8, 4) is 11.4 Å². The van der Waals surface area contributed by atoms with Gasteiger partial charge in [0.1, 0.15) is 12.4 Å². The first kappa shape index (κ1) is 17.0. The van der Waals surface area contributed by atoms with E-state index in [2.05, 4.69) is 10.2 Å². The monoisotopic (exact) mass is 356 g/mol. The zero-order valence-corrected chi connectivity index (χ0v) is 14.4. The Hall–Kier alpha value is -2.86. The first-order chi connectivity index (χ1) is 12.1. The average Bonchev–Trinajstić information content (AvgIpc) is 3.12. The molecule has 0 saturated carbocycles. The molecule has 1 amide bonds. The smallest absolute Gasteiger partial charge is 0.275 e. The van der Waals surface area contributed by atoms with Crippen LogP contribution in [0, 0.1) is 0 Å². The molecule has 128 valence electrons. The van der Waals surface area contributed by atoms with E-state index in [0.29, 0.717) is 23.9 Å². The lowest BCUT2D eigenvalue weighted by atomic mass is 10.3. The van der Waals surface area contributed by atoms with E-state index in [0.717, 1.165) is 5.69 Å². The number of hydrogen-bond donors (Lipinski definition) is 0. The Morgan fingerprint density at radius 3 is 2.76 bits per heavy atom. The fourth-order valence-electron chi connectivity index (χ4n) is 2.20. The molecule has 3 rings (SSSR count). The molecule has 0 aliphatic carbocycles. The molecule has 1 aromatic heterocycles. The maximum absolute atomic E-state index is 12.4. The summed E-state index contributed by atoms with van der Waals surface area (Å²) in [5.74, 6) is 0.459. The Labute approximate surface area is 150 Å². The number of nitrogens with zero attached hydrogens (tertiary/aromatic N) is 4. The van der Waals surface area contributed by atoms with Gasteiger partial charge in [-0.2, -0.15) is 9.90 Å². The molecule has 25 heavy (non-hydrogen) atoms. The number of halogens is 1. The second-order valence-corrected chi connectivity index (χ2v) is 5.82. The molecular formula is C18H17ClN4O2. The minimum atomic E-state index is -0.211. The summed E-state index contributed by atoms with van der Waals surface area (Å²) in [4.78, 5) is 15.4.